The predicted molar refractivity (Wildman–Crippen MR) is 63.3 cm³/mol. The molecule has 0 saturated heterocycles. The quantitative estimate of drug-likeness (QED) is 0.720. The molecule has 2 N–H and O–H groups in total. The molecule has 1 rings (SSSR count). The summed E-state index contributed by atoms with van der Waals surface area (Å²) in [6.45, 7) is 1.88. The summed E-state index contributed by atoms with van der Waals surface area (Å²) in [5, 5.41) is 12.3. The maximum Gasteiger partial charge on any atom is 0.244 e. The van der Waals surface area contributed by atoms with Gasteiger partial charge in [0.25, 0.3) is 0 Å². The average molecular weight is 239 g/mol. The van der Waals surface area contributed by atoms with Crippen molar-refractivity contribution in [3.63, 3.8) is 0 Å². The van der Waals surface area contributed by atoms with Crippen molar-refractivity contribution in [2.75, 3.05) is 20.3 Å². The number of hydrogen-bond donors (Lipinski definition) is 2. The summed E-state index contributed by atoms with van der Waals surface area (Å²) in [4.78, 5) is 11.4. The molecule has 17 heavy (non-hydrogen) atoms. The Morgan fingerprint density at radius 1 is 1.71 bits per heavy atom. The fourth-order valence-electron chi connectivity index (χ4n) is 1.24. The zero-order valence-electron chi connectivity index (χ0n) is 9.97. The number of methoxy groups -OCH3 is 1. The number of furan rings is 1. The van der Waals surface area contributed by atoms with E-state index in [0.717, 1.165) is 0 Å². The van der Waals surface area contributed by atoms with Gasteiger partial charge in [-0.3, -0.25) is 4.79 Å². The molecule has 1 unspecified atom stereocenters. The Bertz CT molecular complexity index is 368. The third kappa shape index (κ3) is 5.33. The van der Waals surface area contributed by atoms with E-state index in [1.54, 1.807) is 25.1 Å². The third-order valence-electron chi connectivity index (χ3n) is 2.04. The highest BCUT2D eigenvalue weighted by molar-refractivity contribution is 5.91. The molecule has 0 fully saturated rings. The van der Waals surface area contributed by atoms with E-state index in [0.29, 0.717) is 5.76 Å². The highest BCUT2D eigenvalue weighted by Crippen LogP contribution is 2.03. The zero-order valence-corrected chi connectivity index (χ0v) is 9.97. The van der Waals surface area contributed by atoms with Gasteiger partial charge in [0.1, 0.15) is 11.4 Å². The van der Waals surface area contributed by atoms with Crippen LogP contribution in [0.5, 0.6) is 0 Å². The zero-order chi connectivity index (χ0) is 12.7. The highest BCUT2D eigenvalue weighted by atomic mass is 16.5. The van der Waals surface area contributed by atoms with Crippen LogP contribution in [0, 0.1) is 0 Å². The summed E-state index contributed by atoms with van der Waals surface area (Å²) in [5.41, 5.74) is -1.07. The number of carbonyl (C=O) groups excluding carboxylic acids is 1. The van der Waals surface area contributed by atoms with Crippen molar-refractivity contribution in [1.82, 2.24) is 5.32 Å². The molecule has 1 aromatic heterocycles. The smallest absolute Gasteiger partial charge is 0.244 e. The average Bonchev–Trinajstić information content (AvgIpc) is 2.76. The van der Waals surface area contributed by atoms with Gasteiger partial charge in [-0.05, 0) is 25.1 Å². The second-order valence-corrected chi connectivity index (χ2v) is 4.00. The second-order valence-electron chi connectivity index (χ2n) is 4.00. The Labute approximate surface area is 100 Å². The first-order valence-corrected chi connectivity index (χ1v) is 5.24. The van der Waals surface area contributed by atoms with E-state index in [1.165, 1.54) is 19.4 Å². The molecule has 0 saturated carbocycles. The SMILES string of the molecule is COCC(C)(O)CNC(=O)/C=C/c1ccco1. The second kappa shape index (κ2) is 6.22. The van der Waals surface area contributed by atoms with Crippen LogP contribution < -0.4 is 5.32 Å². The first-order chi connectivity index (χ1) is 8.03. The summed E-state index contributed by atoms with van der Waals surface area (Å²) < 4.78 is 9.86. The van der Waals surface area contributed by atoms with Gasteiger partial charge >= 0.3 is 0 Å². The molecule has 5 heteroatoms. The molecule has 1 atom stereocenters. The van der Waals surface area contributed by atoms with Gasteiger partial charge in [-0.2, -0.15) is 0 Å². The summed E-state index contributed by atoms with van der Waals surface area (Å²) in [6.07, 6.45) is 4.43. The minimum atomic E-state index is -1.07. The van der Waals surface area contributed by atoms with E-state index in [4.69, 9.17) is 9.15 Å². The van der Waals surface area contributed by atoms with Gasteiger partial charge in [0.2, 0.25) is 5.91 Å². The lowest BCUT2D eigenvalue weighted by Gasteiger charge is -2.21. The molecule has 0 aliphatic heterocycles. The van der Waals surface area contributed by atoms with Crippen molar-refractivity contribution in [3.8, 4) is 0 Å². The number of carbonyl (C=O) groups is 1. The summed E-state index contributed by atoms with van der Waals surface area (Å²) >= 11 is 0. The molecule has 0 spiro atoms. The summed E-state index contributed by atoms with van der Waals surface area (Å²) in [7, 11) is 1.49. The predicted octanol–water partition coefficient (Wildman–Crippen LogP) is 0.806. The molecule has 0 aliphatic rings. The number of rotatable bonds is 6. The van der Waals surface area contributed by atoms with Crippen LogP contribution in [0.1, 0.15) is 12.7 Å². The number of amides is 1. The molecule has 0 bridgehead atoms. The normalized spacial score (nSPS) is 14.8. The van der Waals surface area contributed by atoms with E-state index in [1.807, 2.05) is 0 Å². The van der Waals surface area contributed by atoms with Crippen LogP contribution in [0.2, 0.25) is 0 Å². The fraction of sp³-hybridized carbons (Fsp3) is 0.417. The standard InChI is InChI=1S/C12H17NO4/c1-12(15,9-16-2)8-13-11(14)6-5-10-4-3-7-17-10/h3-7,15H,8-9H2,1-2H3,(H,13,14)/b6-5+. The maximum atomic E-state index is 11.4. The highest BCUT2D eigenvalue weighted by Gasteiger charge is 2.20. The van der Waals surface area contributed by atoms with Crippen molar-refractivity contribution >= 4 is 12.0 Å². The van der Waals surface area contributed by atoms with E-state index >= 15 is 0 Å². The number of nitrogens with one attached hydrogen (secondary N) is 1. The molecule has 0 radical (unpaired) electrons. The summed E-state index contributed by atoms with van der Waals surface area (Å²) in [6, 6.07) is 3.48. The van der Waals surface area contributed by atoms with Crippen molar-refractivity contribution < 1.29 is 19.1 Å². The Morgan fingerprint density at radius 2 is 2.47 bits per heavy atom. The number of hydrogen-bond acceptors (Lipinski definition) is 4. The molecule has 1 amide bonds. The van der Waals surface area contributed by atoms with Gasteiger partial charge in [0.15, 0.2) is 0 Å². The Kier molecular flexibility index (Phi) is 4.93. The topological polar surface area (TPSA) is 71.7 Å². The van der Waals surface area contributed by atoms with Crippen molar-refractivity contribution in [2.24, 2.45) is 0 Å². The molecule has 94 valence electrons. The molecule has 1 aromatic rings. The molecule has 0 aliphatic carbocycles. The van der Waals surface area contributed by atoms with E-state index in [-0.39, 0.29) is 19.1 Å². The molecular formula is C12H17NO4. The monoisotopic (exact) mass is 239 g/mol. The fourth-order valence-corrected chi connectivity index (χ4v) is 1.24. The Balaban J connectivity index is 2.35. The first-order valence-electron chi connectivity index (χ1n) is 5.24. The number of ether oxygens (including phenoxy) is 1. The van der Waals surface area contributed by atoms with E-state index in [9.17, 15) is 9.90 Å². The van der Waals surface area contributed by atoms with Crippen LogP contribution in [0.3, 0.4) is 0 Å². The van der Waals surface area contributed by atoms with Crippen LogP contribution in [0.15, 0.2) is 28.9 Å². The van der Waals surface area contributed by atoms with Crippen LogP contribution in [0.4, 0.5) is 0 Å². The van der Waals surface area contributed by atoms with Gasteiger partial charge in [-0.15, -0.1) is 0 Å². The number of aliphatic hydroxyl groups is 1. The van der Waals surface area contributed by atoms with Crippen LogP contribution >= 0.6 is 0 Å². The third-order valence-corrected chi connectivity index (χ3v) is 2.04. The first kappa shape index (κ1) is 13.5. The van der Waals surface area contributed by atoms with Gasteiger partial charge in [-0.1, -0.05) is 0 Å². The van der Waals surface area contributed by atoms with Gasteiger partial charge in [-0.25, -0.2) is 0 Å². The van der Waals surface area contributed by atoms with Crippen molar-refractivity contribution in [1.29, 1.82) is 0 Å². The lowest BCUT2D eigenvalue weighted by molar-refractivity contribution is -0.118. The lowest BCUT2D eigenvalue weighted by Crippen LogP contribution is -2.43. The lowest BCUT2D eigenvalue weighted by atomic mass is 10.1. The largest absolute Gasteiger partial charge is 0.465 e. The maximum absolute atomic E-state index is 11.4. The molecule has 5 nitrogen and oxygen atoms in total. The van der Waals surface area contributed by atoms with Crippen LogP contribution in [-0.4, -0.2) is 36.9 Å². The van der Waals surface area contributed by atoms with E-state index in [2.05, 4.69) is 5.32 Å². The Hall–Kier alpha value is -1.59. The van der Waals surface area contributed by atoms with Crippen LogP contribution in [0.25, 0.3) is 6.08 Å². The summed E-state index contributed by atoms with van der Waals surface area (Å²) in [5.74, 6) is 0.307. The van der Waals surface area contributed by atoms with Crippen molar-refractivity contribution in [2.45, 2.75) is 12.5 Å². The molecule has 0 aromatic carbocycles. The van der Waals surface area contributed by atoms with Crippen LogP contribution in [-0.2, 0) is 9.53 Å². The molecular weight excluding hydrogens is 222 g/mol. The van der Waals surface area contributed by atoms with Gasteiger partial charge in [0, 0.05) is 19.7 Å². The van der Waals surface area contributed by atoms with Crippen molar-refractivity contribution in [3.05, 3.63) is 30.2 Å². The van der Waals surface area contributed by atoms with Gasteiger partial charge < -0.3 is 19.6 Å². The molecule has 1 heterocycles. The minimum Gasteiger partial charge on any atom is -0.465 e. The Morgan fingerprint density at radius 3 is 3.06 bits per heavy atom. The van der Waals surface area contributed by atoms with E-state index < -0.39 is 5.60 Å². The minimum absolute atomic E-state index is 0.127. The van der Waals surface area contributed by atoms with Gasteiger partial charge in [0.05, 0.1) is 12.9 Å².